The molecule has 4 nitrogen and oxygen atoms in total. The van der Waals surface area contributed by atoms with E-state index in [1.807, 2.05) is 12.1 Å². The van der Waals surface area contributed by atoms with Gasteiger partial charge < -0.3 is 5.73 Å². The highest BCUT2D eigenvalue weighted by molar-refractivity contribution is 5.33. The first-order valence-corrected chi connectivity index (χ1v) is 9.11. The van der Waals surface area contributed by atoms with Crippen LogP contribution in [0.25, 0.3) is 5.69 Å². The van der Waals surface area contributed by atoms with Gasteiger partial charge in [0, 0.05) is 37.8 Å². The fraction of sp³-hybridized carbons (Fsp3) is 0.286. The maximum Gasteiger partial charge on any atom is 0.151 e. The quantitative estimate of drug-likeness (QED) is 0.752. The van der Waals surface area contributed by atoms with Crippen molar-refractivity contribution < 1.29 is 8.78 Å². The third kappa shape index (κ3) is 3.77. The average Bonchev–Trinajstić information content (AvgIpc) is 3.29. The number of hydrogen-bond acceptors (Lipinski definition) is 3. The summed E-state index contributed by atoms with van der Waals surface area (Å²) in [4.78, 5) is 2.34. The van der Waals surface area contributed by atoms with Crippen LogP contribution in [-0.2, 0) is 6.54 Å². The number of aromatic nitrogens is 2. The van der Waals surface area contributed by atoms with E-state index in [2.05, 4.69) is 34.3 Å². The minimum Gasteiger partial charge on any atom is -0.330 e. The Morgan fingerprint density at radius 3 is 2.59 bits per heavy atom. The first-order chi connectivity index (χ1) is 13.1. The van der Waals surface area contributed by atoms with Crippen molar-refractivity contribution in [1.82, 2.24) is 14.7 Å². The summed E-state index contributed by atoms with van der Waals surface area (Å²) >= 11 is 0. The molecule has 0 saturated carbocycles. The van der Waals surface area contributed by atoms with Crippen molar-refractivity contribution in [2.75, 3.05) is 19.6 Å². The Bertz CT molecular complexity index is 910. The summed E-state index contributed by atoms with van der Waals surface area (Å²) in [5, 5.41) is 4.46. The second-order valence-electron chi connectivity index (χ2n) is 7.05. The zero-order valence-electron chi connectivity index (χ0n) is 14.9. The zero-order chi connectivity index (χ0) is 18.8. The number of nitrogens with zero attached hydrogens (tertiary/aromatic N) is 3. The summed E-state index contributed by atoms with van der Waals surface area (Å²) in [5.41, 5.74) is 8.41. The highest BCUT2D eigenvalue weighted by Crippen LogP contribution is 2.32. The smallest absolute Gasteiger partial charge is 0.151 e. The summed E-state index contributed by atoms with van der Waals surface area (Å²) in [5.74, 6) is -0.407. The third-order valence-electron chi connectivity index (χ3n) is 5.23. The first kappa shape index (κ1) is 17.8. The standard InChI is InChI=1S/C21H22F2N4/c22-17-6-7-21(20(23)10-17)27-9-8-18(25-27)13-26-12-16(11-24)19(14-26)15-4-2-1-3-5-15/h1-10,16,19H,11-14,24H2/t16-,19+/m1/s1. The van der Waals surface area contributed by atoms with Gasteiger partial charge in [0.15, 0.2) is 5.82 Å². The van der Waals surface area contributed by atoms with Crippen molar-refractivity contribution in [3.63, 3.8) is 0 Å². The molecule has 4 rings (SSSR count). The van der Waals surface area contributed by atoms with Gasteiger partial charge in [-0.1, -0.05) is 30.3 Å². The van der Waals surface area contributed by atoms with E-state index in [0.29, 0.717) is 24.9 Å². The molecular formula is C21H22F2N4. The Morgan fingerprint density at radius 1 is 1.04 bits per heavy atom. The van der Waals surface area contributed by atoms with Crippen molar-refractivity contribution in [3.8, 4) is 5.69 Å². The molecule has 0 aliphatic carbocycles. The molecule has 1 aromatic heterocycles. The van der Waals surface area contributed by atoms with Gasteiger partial charge in [0.2, 0.25) is 0 Å². The van der Waals surface area contributed by atoms with Crippen LogP contribution in [0.3, 0.4) is 0 Å². The van der Waals surface area contributed by atoms with Crippen molar-refractivity contribution in [2.24, 2.45) is 11.7 Å². The van der Waals surface area contributed by atoms with Gasteiger partial charge in [0.25, 0.3) is 0 Å². The van der Waals surface area contributed by atoms with E-state index < -0.39 is 11.6 Å². The fourth-order valence-corrected chi connectivity index (χ4v) is 3.88. The largest absolute Gasteiger partial charge is 0.330 e. The predicted octanol–water partition coefficient (Wildman–Crippen LogP) is 3.32. The molecule has 0 unspecified atom stereocenters. The molecular weight excluding hydrogens is 346 g/mol. The van der Waals surface area contributed by atoms with Crippen molar-refractivity contribution in [2.45, 2.75) is 12.5 Å². The molecule has 2 heterocycles. The summed E-state index contributed by atoms with van der Waals surface area (Å²) in [6, 6.07) is 15.8. The van der Waals surface area contributed by atoms with E-state index in [0.717, 1.165) is 24.8 Å². The Labute approximate surface area is 157 Å². The van der Waals surface area contributed by atoms with E-state index in [1.165, 1.54) is 22.4 Å². The summed E-state index contributed by atoms with van der Waals surface area (Å²) in [6.45, 7) is 3.15. The van der Waals surface area contributed by atoms with Crippen LogP contribution in [0.1, 0.15) is 17.2 Å². The van der Waals surface area contributed by atoms with Gasteiger partial charge in [-0.15, -0.1) is 0 Å². The minimum absolute atomic E-state index is 0.242. The monoisotopic (exact) mass is 368 g/mol. The lowest BCUT2D eigenvalue weighted by Crippen LogP contribution is -2.23. The lowest BCUT2D eigenvalue weighted by molar-refractivity contribution is 0.312. The number of benzene rings is 2. The maximum atomic E-state index is 14.0. The van der Waals surface area contributed by atoms with Crippen molar-refractivity contribution in [3.05, 3.63) is 83.7 Å². The number of likely N-dealkylation sites (tertiary alicyclic amines) is 1. The van der Waals surface area contributed by atoms with Gasteiger partial charge in [0.05, 0.1) is 5.69 Å². The molecule has 2 aromatic carbocycles. The molecule has 2 atom stereocenters. The maximum absolute atomic E-state index is 14.0. The number of nitrogens with two attached hydrogens (primary N) is 1. The second-order valence-corrected chi connectivity index (χ2v) is 7.05. The Morgan fingerprint density at radius 2 is 1.85 bits per heavy atom. The van der Waals surface area contributed by atoms with E-state index >= 15 is 0 Å². The fourth-order valence-electron chi connectivity index (χ4n) is 3.88. The first-order valence-electron chi connectivity index (χ1n) is 9.11. The van der Waals surface area contributed by atoms with E-state index in [4.69, 9.17) is 5.73 Å². The topological polar surface area (TPSA) is 47.1 Å². The van der Waals surface area contributed by atoms with E-state index in [-0.39, 0.29) is 5.69 Å². The SMILES string of the molecule is NC[C@@H]1CN(Cc2ccn(-c3ccc(F)cc3F)n2)C[C@H]1c1ccccc1. The molecule has 1 fully saturated rings. The Balaban J connectivity index is 1.48. The summed E-state index contributed by atoms with van der Waals surface area (Å²) < 4.78 is 28.5. The molecule has 0 spiro atoms. The molecule has 1 saturated heterocycles. The number of halogens is 2. The zero-order valence-corrected chi connectivity index (χ0v) is 14.9. The minimum atomic E-state index is -0.627. The van der Waals surface area contributed by atoms with Crippen LogP contribution in [0.2, 0.25) is 0 Å². The third-order valence-corrected chi connectivity index (χ3v) is 5.23. The van der Waals surface area contributed by atoms with Crippen LogP contribution in [0.15, 0.2) is 60.8 Å². The molecule has 1 aliphatic heterocycles. The van der Waals surface area contributed by atoms with Crippen LogP contribution in [0.4, 0.5) is 8.78 Å². The Kier molecular flexibility index (Phi) is 5.01. The highest BCUT2D eigenvalue weighted by atomic mass is 19.1. The van der Waals surface area contributed by atoms with Gasteiger partial charge >= 0.3 is 0 Å². The van der Waals surface area contributed by atoms with Crippen LogP contribution in [0.5, 0.6) is 0 Å². The average molecular weight is 368 g/mol. The molecule has 27 heavy (non-hydrogen) atoms. The lowest BCUT2D eigenvalue weighted by Gasteiger charge is -2.16. The summed E-state index contributed by atoms with van der Waals surface area (Å²) in [6.07, 6.45) is 1.71. The molecule has 1 aliphatic rings. The number of rotatable bonds is 5. The molecule has 2 N–H and O–H groups in total. The van der Waals surface area contributed by atoms with Crippen LogP contribution < -0.4 is 5.73 Å². The number of hydrogen-bond donors (Lipinski definition) is 1. The molecule has 3 aromatic rings. The van der Waals surface area contributed by atoms with E-state index in [9.17, 15) is 8.78 Å². The molecule has 140 valence electrons. The van der Waals surface area contributed by atoms with Gasteiger partial charge in [-0.2, -0.15) is 5.10 Å². The van der Waals surface area contributed by atoms with E-state index in [1.54, 1.807) is 6.20 Å². The lowest BCUT2D eigenvalue weighted by atomic mass is 9.89. The van der Waals surface area contributed by atoms with Crippen LogP contribution in [0, 0.1) is 17.6 Å². The van der Waals surface area contributed by atoms with Gasteiger partial charge in [0.1, 0.15) is 11.5 Å². The van der Waals surface area contributed by atoms with Gasteiger partial charge in [-0.25, -0.2) is 13.5 Å². The van der Waals surface area contributed by atoms with Crippen molar-refractivity contribution >= 4 is 0 Å². The van der Waals surface area contributed by atoms with Crippen LogP contribution in [-0.4, -0.2) is 34.3 Å². The van der Waals surface area contributed by atoms with Crippen molar-refractivity contribution in [1.29, 1.82) is 0 Å². The Hall–Kier alpha value is -2.57. The molecule has 0 amide bonds. The second kappa shape index (κ2) is 7.58. The molecule has 6 heteroatoms. The molecule has 0 radical (unpaired) electrons. The van der Waals surface area contributed by atoms with Crippen LogP contribution >= 0.6 is 0 Å². The predicted molar refractivity (Wildman–Crippen MR) is 100 cm³/mol. The van der Waals surface area contributed by atoms with Gasteiger partial charge in [-0.05, 0) is 36.2 Å². The normalized spacial score (nSPS) is 20.3. The summed E-state index contributed by atoms with van der Waals surface area (Å²) in [7, 11) is 0. The van der Waals surface area contributed by atoms with Gasteiger partial charge in [-0.3, -0.25) is 4.90 Å². The molecule has 0 bridgehead atoms. The highest BCUT2D eigenvalue weighted by Gasteiger charge is 2.32.